The van der Waals surface area contributed by atoms with Crippen LogP contribution in [0.5, 0.6) is 11.5 Å². The summed E-state index contributed by atoms with van der Waals surface area (Å²) < 4.78 is 28.9. The zero-order valence-electron chi connectivity index (χ0n) is 14.7. The molecule has 1 heterocycles. The highest BCUT2D eigenvalue weighted by Crippen LogP contribution is 2.23. The number of hydrogen-bond acceptors (Lipinski definition) is 5. The highest BCUT2D eigenvalue weighted by Gasteiger charge is 2.09. The lowest BCUT2D eigenvalue weighted by Gasteiger charge is -2.18. The number of methoxy groups -OCH3 is 1. The zero-order valence-corrected chi connectivity index (χ0v) is 14.7. The van der Waals surface area contributed by atoms with E-state index in [-0.39, 0.29) is 5.82 Å². The monoisotopic (exact) mass is 357 g/mol. The fourth-order valence-corrected chi connectivity index (χ4v) is 2.69. The SMILES string of the molecule is COc1ccc2c(CN(C)CCOc3ccc(F)cc3)cc(=O)oc2c1. The fraction of sp³-hybridized carbons (Fsp3) is 0.250. The number of benzene rings is 2. The predicted octanol–water partition coefficient (Wildman–Crippen LogP) is 3.45. The van der Waals surface area contributed by atoms with E-state index in [0.717, 1.165) is 10.9 Å². The van der Waals surface area contributed by atoms with Crippen molar-refractivity contribution in [3.05, 3.63) is 70.3 Å². The molecular weight excluding hydrogens is 337 g/mol. The highest BCUT2D eigenvalue weighted by molar-refractivity contribution is 5.81. The van der Waals surface area contributed by atoms with Crippen molar-refractivity contribution in [3.63, 3.8) is 0 Å². The molecule has 0 aliphatic rings. The fourth-order valence-electron chi connectivity index (χ4n) is 2.69. The van der Waals surface area contributed by atoms with Crippen LogP contribution >= 0.6 is 0 Å². The average molecular weight is 357 g/mol. The smallest absolute Gasteiger partial charge is 0.336 e. The minimum absolute atomic E-state index is 0.291. The number of rotatable bonds is 7. The molecule has 0 spiro atoms. The molecule has 3 aromatic rings. The minimum Gasteiger partial charge on any atom is -0.497 e. The Morgan fingerprint density at radius 1 is 1.08 bits per heavy atom. The summed E-state index contributed by atoms with van der Waals surface area (Å²) in [6.45, 7) is 1.67. The van der Waals surface area contributed by atoms with Gasteiger partial charge in [-0.05, 0) is 49.0 Å². The number of nitrogens with zero attached hydrogens (tertiary/aromatic N) is 1. The summed E-state index contributed by atoms with van der Waals surface area (Å²) in [5, 5.41) is 0.872. The first-order valence-corrected chi connectivity index (χ1v) is 8.23. The molecule has 3 rings (SSSR count). The van der Waals surface area contributed by atoms with E-state index in [1.165, 1.54) is 18.2 Å². The van der Waals surface area contributed by atoms with Crippen molar-refractivity contribution in [2.75, 3.05) is 27.3 Å². The Morgan fingerprint density at radius 2 is 1.81 bits per heavy atom. The molecule has 0 saturated heterocycles. The third-order valence-electron chi connectivity index (χ3n) is 4.03. The number of hydrogen-bond donors (Lipinski definition) is 0. The zero-order chi connectivity index (χ0) is 18.5. The molecule has 6 heteroatoms. The highest BCUT2D eigenvalue weighted by atomic mass is 19.1. The van der Waals surface area contributed by atoms with Crippen LogP contribution in [-0.2, 0) is 6.54 Å². The summed E-state index contributed by atoms with van der Waals surface area (Å²) in [5.74, 6) is 0.970. The van der Waals surface area contributed by atoms with Crippen LogP contribution in [0.1, 0.15) is 5.56 Å². The van der Waals surface area contributed by atoms with Crippen molar-refractivity contribution in [3.8, 4) is 11.5 Å². The molecule has 0 atom stereocenters. The van der Waals surface area contributed by atoms with Gasteiger partial charge in [0.2, 0.25) is 0 Å². The summed E-state index contributed by atoms with van der Waals surface area (Å²) in [6, 6.07) is 12.9. The second-order valence-electron chi connectivity index (χ2n) is 5.99. The minimum atomic E-state index is -0.392. The Balaban J connectivity index is 1.66. The largest absolute Gasteiger partial charge is 0.497 e. The maximum absolute atomic E-state index is 12.9. The molecular formula is C20H20FNO4. The number of likely N-dealkylation sites (N-methyl/N-ethyl adjacent to an activating group) is 1. The van der Waals surface area contributed by atoms with E-state index >= 15 is 0 Å². The van der Waals surface area contributed by atoms with E-state index in [1.807, 2.05) is 24.1 Å². The Morgan fingerprint density at radius 3 is 2.54 bits per heavy atom. The molecule has 136 valence electrons. The van der Waals surface area contributed by atoms with E-state index in [0.29, 0.717) is 36.8 Å². The molecule has 0 radical (unpaired) electrons. The Labute approximate surface area is 150 Å². The first-order valence-electron chi connectivity index (χ1n) is 8.23. The molecule has 26 heavy (non-hydrogen) atoms. The van der Waals surface area contributed by atoms with Crippen molar-refractivity contribution >= 4 is 11.0 Å². The van der Waals surface area contributed by atoms with Gasteiger partial charge >= 0.3 is 5.63 Å². The number of fused-ring (bicyclic) bond motifs is 1. The van der Waals surface area contributed by atoms with Crippen LogP contribution in [0.2, 0.25) is 0 Å². The van der Waals surface area contributed by atoms with Crippen LogP contribution in [0.4, 0.5) is 4.39 Å². The first-order chi connectivity index (χ1) is 12.5. The maximum atomic E-state index is 12.9. The lowest BCUT2D eigenvalue weighted by Crippen LogP contribution is -2.24. The van der Waals surface area contributed by atoms with E-state index in [4.69, 9.17) is 13.9 Å². The molecule has 1 aromatic heterocycles. The van der Waals surface area contributed by atoms with E-state index < -0.39 is 5.63 Å². The van der Waals surface area contributed by atoms with Crippen molar-refractivity contribution in [1.29, 1.82) is 0 Å². The Hall–Kier alpha value is -2.86. The van der Waals surface area contributed by atoms with Crippen LogP contribution in [0.15, 0.2) is 57.7 Å². The van der Waals surface area contributed by atoms with Crippen molar-refractivity contribution in [2.24, 2.45) is 0 Å². The van der Waals surface area contributed by atoms with Crippen LogP contribution in [0.25, 0.3) is 11.0 Å². The van der Waals surface area contributed by atoms with Gasteiger partial charge in [0.1, 0.15) is 29.5 Å². The molecule has 0 aliphatic carbocycles. The lowest BCUT2D eigenvalue weighted by molar-refractivity contribution is 0.233. The molecule has 2 aromatic carbocycles. The number of halogens is 1. The molecule has 0 bridgehead atoms. The second kappa shape index (κ2) is 8.01. The quantitative estimate of drug-likeness (QED) is 0.606. The summed E-state index contributed by atoms with van der Waals surface area (Å²) in [7, 11) is 3.51. The summed E-state index contributed by atoms with van der Waals surface area (Å²) in [6.07, 6.45) is 0. The molecule has 0 unspecified atom stereocenters. The van der Waals surface area contributed by atoms with Crippen molar-refractivity contribution < 1.29 is 18.3 Å². The van der Waals surface area contributed by atoms with Crippen molar-refractivity contribution in [1.82, 2.24) is 4.90 Å². The van der Waals surface area contributed by atoms with Gasteiger partial charge in [-0.15, -0.1) is 0 Å². The third-order valence-corrected chi connectivity index (χ3v) is 4.03. The van der Waals surface area contributed by atoms with E-state index in [9.17, 15) is 9.18 Å². The van der Waals surface area contributed by atoms with Gasteiger partial charge in [-0.25, -0.2) is 9.18 Å². The van der Waals surface area contributed by atoms with Crippen LogP contribution in [-0.4, -0.2) is 32.2 Å². The third kappa shape index (κ3) is 4.40. The lowest BCUT2D eigenvalue weighted by atomic mass is 10.1. The molecule has 0 amide bonds. The summed E-state index contributed by atoms with van der Waals surface area (Å²) in [4.78, 5) is 13.9. The molecule has 5 nitrogen and oxygen atoms in total. The molecule has 0 N–H and O–H groups in total. The molecule has 0 aliphatic heterocycles. The van der Waals surface area contributed by atoms with Gasteiger partial charge in [0.05, 0.1) is 7.11 Å². The van der Waals surface area contributed by atoms with Crippen molar-refractivity contribution in [2.45, 2.75) is 6.54 Å². The van der Waals surface area contributed by atoms with E-state index in [2.05, 4.69) is 0 Å². The van der Waals surface area contributed by atoms with Gasteiger partial charge in [0, 0.05) is 30.6 Å². The van der Waals surface area contributed by atoms with Gasteiger partial charge in [-0.2, -0.15) is 0 Å². The number of ether oxygens (including phenoxy) is 2. The van der Waals surface area contributed by atoms with Gasteiger partial charge in [-0.3, -0.25) is 4.90 Å². The van der Waals surface area contributed by atoms with Crippen LogP contribution in [0, 0.1) is 5.82 Å². The van der Waals surface area contributed by atoms with Crippen LogP contribution in [0.3, 0.4) is 0 Å². The molecule has 0 fully saturated rings. The maximum Gasteiger partial charge on any atom is 0.336 e. The Bertz CT molecular complexity index is 937. The normalized spacial score (nSPS) is 11.1. The Kier molecular flexibility index (Phi) is 5.53. The first kappa shape index (κ1) is 17.9. The molecule has 0 saturated carbocycles. The summed E-state index contributed by atoms with van der Waals surface area (Å²) in [5.41, 5.74) is 0.989. The van der Waals surface area contributed by atoms with Gasteiger partial charge in [-0.1, -0.05) is 0 Å². The predicted molar refractivity (Wildman–Crippen MR) is 97.3 cm³/mol. The average Bonchev–Trinajstić information content (AvgIpc) is 2.62. The second-order valence-corrected chi connectivity index (χ2v) is 5.99. The van der Waals surface area contributed by atoms with Crippen LogP contribution < -0.4 is 15.1 Å². The van der Waals surface area contributed by atoms with Gasteiger partial charge < -0.3 is 13.9 Å². The topological polar surface area (TPSA) is 51.9 Å². The standard InChI is InChI=1S/C20H20FNO4/c1-22(9-10-25-16-5-3-15(21)4-6-16)13-14-11-20(23)26-19-12-17(24-2)7-8-18(14)19/h3-8,11-12H,9-10,13H2,1-2H3. The summed E-state index contributed by atoms with van der Waals surface area (Å²) >= 11 is 0. The van der Waals surface area contributed by atoms with Gasteiger partial charge in [0.15, 0.2) is 0 Å². The van der Waals surface area contributed by atoms with E-state index in [1.54, 1.807) is 25.3 Å². The van der Waals surface area contributed by atoms with Gasteiger partial charge in [0.25, 0.3) is 0 Å².